The molecule has 0 fully saturated rings. The van der Waals surface area contributed by atoms with Crippen LogP contribution < -0.4 is 4.74 Å². The molecule has 0 saturated carbocycles. The first-order valence-corrected chi connectivity index (χ1v) is 11.1. The maximum Gasteiger partial charge on any atom is 0.311 e. The summed E-state index contributed by atoms with van der Waals surface area (Å²) in [5.74, 6) is 0.345. The van der Waals surface area contributed by atoms with E-state index in [4.69, 9.17) is 4.74 Å². The molecule has 0 aromatic heterocycles. The highest BCUT2D eigenvalue weighted by Crippen LogP contribution is 2.24. The van der Waals surface area contributed by atoms with E-state index in [2.05, 4.69) is 6.92 Å². The van der Waals surface area contributed by atoms with Crippen molar-refractivity contribution in [1.29, 1.82) is 0 Å². The summed E-state index contributed by atoms with van der Waals surface area (Å²) in [5, 5.41) is 19.3. The summed E-state index contributed by atoms with van der Waals surface area (Å²) in [7, 11) is 0. The summed E-state index contributed by atoms with van der Waals surface area (Å²) in [4.78, 5) is 12.1. The topological polar surface area (TPSA) is 66.8 Å². The van der Waals surface area contributed by atoms with Crippen molar-refractivity contribution in [3.05, 3.63) is 53.6 Å². The van der Waals surface area contributed by atoms with Crippen molar-refractivity contribution in [1.82, 2.24) is 0 Å². The largest absolute Gasteiger partial charge is 0.508 e. The summed E-state index contributed by atoms with van der Waals surface area (Å²) >= 11 is 0. The van der Waals surface area contributed by atoms with Crippen molar-refractivity contribution in [2.75, 3.05) is 0 Å². The molecule has 0 atom stereocenters. The Morgan fingerprint density at radius 1 is 0.767 bits per heavy atom. The van der Waals surface area contributed by atoms with Crippen LogP contribution in [0.2, 0.25) is 0 Å². The predicted molar refractivity (Wildman–Crippen MR) is 123 cm³/mol. The number of hydrogen-bond donors (Lipinski definition) is 2. The Bertz CT molecular complexity index is 793. The minimum atomic E-state index is -0.267. The van der Waals surface area contributed by atoms with Crippen LogP contribution in [0.3, 0.4) is 0 Å². The molecule has 0 heterocycles. The first-order chi connectivity index (χ1) is 14.6. The second-order valence-electron chi connectivity index (χ2n) is 7.74. The minimum Gasteiger partial charge on any atom is -0.508 e. The van der Waals surface area contributed by atoms with Gasteiger partial charge < -0.3 is 14.9 Å². The van der Waals surface area contributed by atoms with Gasteiger partial charge in [0.15, 0.2) is 0 Å². The number of phenols is 2. The zero-order valence-electron chi connectivity index (χ0n) is 18.0. The lowest BCUT2D eigenvalue weighted by Crippen LogP contribution is -2.07. The number of esters is 1. The van der Waals surface area contributed by atoms with Crippen LogP contribution in [0.5, 0.6) is 17.2 Å². The molecular formula is C26H34O4. The number of carbonyl (C=O) groups is 1. The van der Waals surface area contributed by atoms with Crippen molar-refractivity contribution in [3.8, 4) is 17.2 Å². The molecule has 162 valence electrons. The van der Waals surface area contributed by atoms with Crippen molar-refractivity contribution in [2.45, 2.75) is 71.1 Å². The quantitative estimate of drug-likeness (QED) is 0.160. The van der Waals surface area contributed by atoms with Gasteiger partial charge in [0, 0.05) is 12.5 Å². The second-order valence-corrected chi connectivity index (χ2v) is 7.74. The molecular weight excluding hydrogens is 376 g/mol. The number of phenolic OH excluding ortho intramolecular Hbond substituents is 2. The maximum absolute atomic E-state index is 12.1. The zero-order chi connectivity index (χ0) is 21.6. The van der Waals surface area contributed by atoms with Crippen LogP contribution in [-0.4, -0.2) is 16.2 Å². The van der Waals surface area contributed by atoms with E-state index in [1.54, 1.807) is 36.4 Å². The van der Waals surface area contributed by atoms with E-state index < -0.39 is 0 Å². The van der Waals surface area contributed by atoms with Crippen LogP contribution in [0.15, 0.2) is 42.5 Å². The predicted octanol–water partition coefficient (Wildman–Crippen LogP) is 7.09. The minimum absolute atomic E-state index is 0.0497. The fourth-order valence-corrected chi connectivity index (χ4v) is 3.30. The van der Waals surface area contributed by atoms with Gasteiger partial charge in [-0.05, 0) is 41.8 Å². The van der Waals surface area contributed by atoms with Gasteiger partial charge in [-0.15, -0.1) is 0 Å². The monoisotopic (exact) mass is 410 g/mol. The molecule has 0 aliphatic heterocycles. The Kier molecular flexibility index (Phi) is 10.6. The Hall–Kier alpha value is -2.75. The van der Waals surface area contributed by atoms with Crippen molar-refractivity contribution < 1.29 is 19.7 Å². The van der Waals surface area contributed by atoms with E-state index in [9.17, 15) is 15.0 Å². The van der Waals surface area contributed by atoms with Gasteiger partial charge in [-0.1, -0.05) is 82.6 Å². The third-order valence-electron chi connectivity index (χ3n) is 4.99. The van der Waals surface area contributed by atoms with E-state index >= 15 is 0 Å². The number of unbranched alkanes of at least 4 members (excludes halogenated alkanes) is 8. The molecule has 0 aliphatic rings. The molecule has 4 heteroatoms. The van der Waals surface area contributed by atoms with E-state index in [0.29, 0.717) is 12.2 Å². The van der Waals surface area contributed by atoms with Gasteiger partial charge in [0.1, 0.15) is 17.2 Å². The Balaban J connectivity index is 1.74. The maximum atomic E-state index is 12.1. The molecule has 2 rings (SSSR count). The number of benzene rings is 2. The molecule has 0 spiro atoms. The first-order valence-electron chi connectivity index (χ1n) is 11.1. The van der Waals surface area contributed by atoms with Crippen LogP contribution in [0.4, 0.5) is 0 Å². The molecule has 0 unspecified atom stereocenters. The lowest BCUT2D eigenvalue weighted by atomic mass is 10.1. The van der Waals surface area contributed by atoms with Crippen molar-refractivity contribution >= 4 is 18.1 Å². The Morgan fingerprint density at radius 3 is 2.03 bits per heavy atom. The van der Waals surface area contributed by atoms with Crippen LogP contribution >= 0.6 is 0 Å². The van der Waals surface area contributed by atoms with Gasteiger partial charge in [-0.2, -0.15) is 0 Å². The van der Waals surface area contributed by atoms with Gasteiger partial charge in [-0.25, -0.2) is 0 Å². The summed E-state index contributed by atoms with van der Waals surface area (Å²) in [6, 6.07) is 11.6. The molecule has 2 aromatic rings. The molecule has 0 radical (unpaired) electrons. The number of rotatable bonds is 13. The highest BCUT2D eigenvalue weighted by molar-refractivity contribution is 5.74. The van der Waals surface area contributed by atoms with Gasteiger partial charge >= 0.3 is 5.97 Å². The molecule has 0 aliphatic carbocycles. The molecule has 2 aromatic carbocycles. The lowest BCUT2D eigenvalue weighted by Gasteiger charge is -2.07. The van der Waals surface area contributed by atoms with E-state index in [0.717, 1.165) is 30.4 Å². The normalized spacial score (nSPS) is 11.1. The molecule has 4 nitrogen and oxygen atoms in total. The lowest BCUT2D eigenvalue weighted by molar-refractivity contribution is -0.134. The van der Waals surface area contributed by atoms with E-state index in [-0.39, 0.29) is 17.5 Å². The second kappa shape index (κ2) is 13.5. The number of hydrogen-bond acceptors (Lipinski definition) is 4. The van der Waals surface area contributed by atoms with E-state index in [1.807, 2.05) is 12.2 Å². The van der Waals surface area contributed by atoms with Gasteiger partial charge in [0.25, 0.3) is 0 Å². The van der Waals surface area contributed by atoms with Gasteiger partial charge in [-0.3, -0.25) is 4.79 Å². The fourth-order valence-electron chi connectivity index (χ4n) is 3.30. The Morgan fingerprint density at radius 2 is 1.37 bits per heavy atom. The average molecular weight is 411 g/mol. The van der Waals surface area contributed by atoms with Crippen molar-refractivity contribution in [3.63, 3.8) is 0 Å². The molecule has 2 N–H and O–H groups in total. The van der Waals surface area contributed by atoms with Crippen LogP contribution in [0.1, 0.15) is 82.3 Å². The summed E-state index contributed by atoms with van der Waals surface area (Å²) in [6.07, 6.45) is 14.9. The Labute approximate surface area is 180 Å². The number of ether oxygens (including phenoxy) is 1. The zero-order valence-corrected chi connectivity index (χ0v) is 18.0. The standard InChI is InChI=1S/C26H34O4/c1-2-3-4-5-6-7-8-9-10-11-26(29)30-25-19-22(18-24(28)20-25)13-12-21-14-16-23(27)17-15-21/h12-20,27-28H,2-11H2,1H3/b13-12+. The molecule has 0 amide bonds. The number of aromatic hydroxyl groups is 2. The highest BCUT2D eigenvalue weighted by atomic mass is 16.5. The summed E-state index contributed by atoms with van der Waals surface area (Å²) in [6.45, 7) is 2.23. The van der Waals surface area contributed by atoms with Crippen molar-refractivity contribution in [2.24, 2.45) is 0 Å². The smallest absolute Gasteiger partial charge is 0.311 e. The van der Waals surface area contributed by atoms with Crippen LogP contribution in [0.25, 0.3) is 12.2 Å². The van der Waals surface area contributed by atoms with Crippen LogP contribution in [-0.2, 0) is 4.79 Å². The van der Waals surface area contributed by atoms with Gasteiger partial charge in [0.2, 0.25) is 0 Å². The summed E-state index contributed by atoms with van der Waals surface area (Å²) in [5.41, 5.74) is 1.65. The van der Waals surface area contributed by atoms with Crippen LogP contribution in [0, 0.1) is 0 Å². The SMILES string of the molecule is CCCCCCCCCCCC(=O)Oc1cc(O)cc(/C=C/c2ccc(O)cc2)c1. The average Bonchev–Trinajstić information content (AvgIpc) is 2.72. The first kappa shape index (κ1) is 23.5. The third-order valence-corrected chi connectivity index (χ3v) is 4.99. The fraction of sp³-hybridized carbons (Fsp3) is 0.423. The highest BCUT2D eigenvalue weighted by Gasteiger charge is 2.07. The third kappa shape index (κ3) is 9.64. The molecule has 0 bridgehead atoms. The number of carbonyl (C=O) groups excluding carboxylic acids is 1. The van der Waals surface area contributed by atoms with E-state index in [1.165, 1.54) is 44.6 Å². The summed E-state index contributed by atoms with van der Waals surface area (Å²) < 4.78 is 5.41. The molecule has 0 saturated heterocycles. The molecule has 30 heavy (non-hydrogen) atoms. The van der Waals surface area contributed by atoms with Gasteiger partial charge in [0.05, 0.1) is 0 Å².